The zero-order valence-electron chi connectivity index (χ0n) is 42.3. The number of esters is 3. The van der Waals surface area contributed by atoms with Crippen LogP contribution >= 0.6 is 0 Å². The minimum Gasteiger partial charge on any atom is -0.462 e. The molecule has 0 fully saturated rings. The van der Waals surface area contributed by atoms with Crippen LogP contribution in [0.5, 0.6) is 0 Å². The van der Waals surface area contributed by atoms with Gasteiger partial charge >= 0.3 is 17.9 Å². The van der Waals surface area contributed by atoms with Crippen molar-refractivity contribution in [1.82, 2.24) is 0 Å². The highest BCUT2D eigenvalue weighted by Gasteiger charge is 2.19. The summed E-state index contributed by atoms with van der Waals surface area (Å²) < 4.78 is 16.8. The van der Waals surface area contributed by atoms with Gasteiger partial charge in [-0.05, 0) is 109 Å². The molecule has 0 radical (unpaired) electrons. The quantitative estimate of drug-likeness (QED) is 0.0262. The van der Waals surface area contributed by atoms with E-state index in [4.69, 9.17) is 14.2 Å². The molecule has 64 heavy (non-hydrogen) atoms. The summed E-state index contributed by atoms with van der Waals surface area (Å²) in [6.07, 6.45) is 64.8. The lowest BCUT2D eigenvalue weighted by atomic mass is 10.1. The summed E-state index contributed by atoms with van der Waals surface area (Å²) in [7, 11) is 0. The Labute approximate surface area is 396 Å². The molecule has 370 valence electrons. The maximum absolute atomic E-state index is 12.8. The fourth-order valence-electron chi connectivity index (χ4n) is 7.56. The molecule has 0 aromatic rings. The van der Waals surface area contributed by atoms with Crippen molar-refractivity contribution in [2.24, 2.45) is 0 Å². The van der Waals surface area contributed by atoms with Gasteiger partial charge in [0.15, 0.2) is 6.10 Å². The van der Waals surface area contributed by atoms with Gasteiger partial charge in [-0.3, -0.25) is 14.4 Å². The van der Waals surface area contributed by atoms with E-state index in [1.807, 2.05) is 0 Å². The van der Waals surface area contributed by atoms with E-state index in [0.29, 0.717) is 19.3 Å². The second-order valence-electron chi connectivity index (χ2n) is 18.1. The van der Waals surface area contributed by atoms with E-state index in [-0.39, 0.29) is 31.1 Å². The molecule has 0 aromatic heterocycles. The third kappa shape index (κ3) is 50.1. The third-order valence-electron chi connectivity index (χ3n) is 11.7. The van der Waals surface area contributed by atoms with Crippen LogP contribution in [0, 0.1) is 0 Å². The van der Waals surface area contributed by atoms with Crippen molar-refractivity contribution in [1.29, 1.82) is 0 Å². The zero-order chi connectivity index (χ0) is 46.5. The minimum atomic E-state index is -0.784. The maximum atomic E-state index is 12.8. The lowest BCUT2D eigenvalue weighted by Gasteiger charge is -2.18. The Balaban J connectivity index is 4.39. The molecule has 6 heteroatoms. The second-order valence-corrected chi connectivity index (χ2v) is 18.1. The van der Waals surface area contributed by atoms with Crippen LogP contribution in [-0.4, -0.2) is 37.2 Å². The van der Waals surface area contributed by atoms with E-state index in [0.717, 1.165) is 89.9 Å². The summed E-state index contributed by atoms with van der Waals surface area (Å²) in [6, 6.07) is 0. The molecule has 0 N–H and O–H groups in total. The Morgan fingerprint density at radius 2 is 0.562 bits per heavy atom. The zero-order valence-corrected chi connectivity index (χ0v) is 42.3. The van der Waals surface area contributed by atoms with Gasteiger partial charge in [-0.1, -0.05) is 204 Å². The molecule has 0 saturated carbocycles. The molecule has 0 saturated heterocycles. The number of hydrogen-bond donors (Lipinski definition) is 0. The van der Waals surface area contributed by atoms with Gasteiger partial charge in [-0.2, -0.15) is 0 Å². The predicted octanol–water partition coefficient (Wildman–Crippen LogP) is 18.0. The SMILES string of the molecule is CCCCC/C=C\C/C=C\CCCCCCCCCC(=O)OC[C@@H](COC(=O)CCCCCCC/C=C\CCCCC)OC(=O)CCCCCCCCC/C=C\C/C=C\CCCCC. The molecule has 0 aromatic carbocycles. The lowest BCUT2D eigenvalue weighted by Crippen LogP contribution is -2.30. The summed E-state index contributed by atoms with van der Waals surface area (Å²) in [4.78, 5) is 38.0. The Bertz CT molecular complexity index is 1170. The summed E-state index contributed by atoms with van der Waals surface area (Å²) in [6.45, 7) is 6.56. The summed E-state index contributed by atoms with van der Waals surface area (Å²) in [5.41, 5.74) is 0. The molecule has 0 amide bonds. The first-order valence-corrected chi connectivity index (χ1v) is 27.3. The molecule has 0 aliphatic rings. The number of hydrogen-bond acceptors (Lipinski definition) is 6. The van der Waals surface area contributed by atoms with Gasteiger partial charge in [-0.25, -0.2) is 0 Å². The molecule has 0 rings (SSSR count). The van der Waals surface area contributed by atoms with E-state index < -0.39 is 6.10 Å². The monoisotopic (exact) mass is 895 g/mol. The number of unbranched alkanes of at least 4 members (excludes halogenated alkanes) is 28. The van der Waals surface area contributed by atoms with Crippen LogP contribution < -0.4 is 0 Å². The van der Waals surface area contributed by atoms with E-state index in [9.17, 15) is 14.4 Å². The van der Waals surface area contributed by atoms with Crippen molar-refractivity contribution in [2.45, 2.75) is 277 Å². The predicted molar refractivity (Wildman–Crippen MR) is 275 cm³/mol. The average molecular weight is 895 g/mol. The fourth-order valence-corrected chi connectivity index (χ4v) is 7.56. The third-order valence-corrected chi connectivity index (χ3v) is 11.7. The van der Waals surface area contributed by atoms with Gasteiger partial charge in [0.1, 0.15) is 13.2 Å². The second kappa shape index (κ2) is 52.7. The molecular formula is C58H102O6. The Morgan fingerprint density at radius 3 is 0.875 bits per heavy atom. The average Bonchev–Trinajstić information content (AvgIpc) is 3.29. The topological polar surface area (TPSA) is 78.9 Å². The number of ether oxygens (including phenoxy) is 3. The summed E-state index contributed by atoms with van der Waals surface area (Å²) in [5.74, 6) is -0.902. The van der Waals surface area contributed by atoms with Crippen LogP contribution in [0.2, 0.25) is 0 Å². The van der Waals surface area contributed by atoms with Crippen molar-refractivity contribution in [2.75, 3.05) is 13.2 Å². The summed E-state index contributed by atoms with van der Waals surface area (Å²) in [5, 5.41) is 0. The Hall–Kier alpha value is -2.89. The molecule has 0 unspecified atom stereocenters. The Morgan fingerprint density at radius 1 is 0.312 bits per heavy atom. The molecule has 0 heterocycles. The minimum absolute atomic E-state index is 0.0838. The molecule has 1 atom stereocenters. The number of rotatable bonds is 49. The smallest absolute Gasteiger partial charge is 0.306 e. The van der Waals surface area contributed by atoms with E-state index >= 15 is 0 Å². The van der Waals surface area contributed by atoms with Gasteiger partial charge in [0.2, 0.25) is 0 Å². The highest BCUT2D eigenvalue weighted by atomic mass is 16.6. The maximum Gasteiger partial charge on any atom is 0.306 e. The van der Waals surface area contributed by atoms with Crippen LogP contribution in [0.1, 0.15) is 271 Å². The first-order chi connectivity index (χ1) is 31.5. The van der Waals surface area contributed by atoms with E-state index in [1.54, 1.807) is 0 Å². The van der Waals surface area contributed by atoms with Crippen molar-refractivity contribution >= 4 is 17.9 Å². The molecule has 0 spiro atoms. The number of carbonyl (C=O) groups is 3. The summed E-state index contributed by atoms with van der Waals surface area (Å²) >= 11 is 0. The van der Waals surface area contributed by atoms with Crippen molar-refractivity contribution < 1.29 is 28.6 Å². The van der Waals surface area contributed by atoms with Gasteiger partial charge in [0.05, 0.1) is 0 Å². The normalized spacial score (nSPS) is 12.5. The first kappa shape index (κ1) is 61.1. The van der Waals surface area contributed by atoms with Gasteiger partial charge in [0, 0.05) is 19.3 Å². The molecule has 0 bridgehead atoms. The lowest BCUT2D eigenvalue weighted by molar-refractivity contribution is -0.167. The fraction of sp³-hybridized carbons (Fsp3) is 0.776. The number of carbonyl (C=O) groups excluding carboxylic acids is 3. The van der Waals surface area contributed by atoms with Crippen LogP contribution in [0.3, 0.4) is 0 Å². The van der Waals surface area contributed by atoms with Gasteiger partial charge < -0.3 is 14.2 Å². The van der Waals surface area contributed by atoms with E-state index in [2.05, 4.69) is 81.5 Å². The van der Waals surface area contributed by atoms with Gasteiger partial charge in [-0.15, -0.1) is 0 Å². The van der Waals surface area contributed by atoms with Crippen molar-refractivity contribution in [3.05, 3.63) is 60.8 Å². The van der Waals surface area contributed by atoms with Crippen LogP contribution in [0.15, 0.2) is 60.8 Å². The standard InChI is InChI=1S/C58H102O6/c1-4-7-10-13-16-19-22-25-27-29-31-33-36-39-42-45-48-51-57(60)63-54-55(53-62-56(59)50-47-44-41-38-35-24-21-18-15-12-9-6-3)64-58(61)52-49-46-43-40-37-34-32-30-28-26-23-20-17-14-11-8-5-2/h16-21,25-28,55H,4-15,22-24,29-54H2,1-3H3/b19-16-,20-17-,21-18-,27-25-,28-26-/t55-/m1/s1. The first-order valence-electron chi connectivity index (χ1n) is 27.3. The van der Waals surface area contributed by atoms with Crippen LogP contribution in [-0.2, 0) is 28.6 Å². The largest absolute Gasteiger partial charge is 0.462 e. The van der Waals surface area contributed by atoms with Crippen LogP contribution in [0.4, 0.5) is 0 Å². The van der Waals surface area contributed by atoms with Crippen molar-refractivity contribution in [3.8, 4) is 0 Å². The van der Waals surface area contributed by atoms with Gasteiger partial charge in [0.25, 0.3) is 0 Å². The van der Waals surface area contributed by atoms with Crippen LogP contribution in [0.25, 0.3) is 0 Å². The molecule has 0 aliphatic carbocycles. The van der Waals surface area contributed by atoms with Crippen molar-refractivity contribution in [3.63, 3.8) is 0 Å². The highest BCUT2D eigenvalue weighted by Crippen LogP contribution is 2.14. The molecule has 6 nitrogen and oxygen atoms in total. The highest BCUT2D eigenvalue weighted by molar-refractivity contribution is 5.71. The van der Waals surface area contributed by atoms with E-state index in [1.165, 1.54) is 141 Å². The number of allylic oxidation sites excluding steroid dienone is 10. The molecule has 0 aliphatic heterocycles. The Kier molecular flexibility index (Phi) is 50.4. The molecular weight excluding hydrogens is 793 g/mol.